The van der Waals surface area contributed by atoms with Crippen LogP contribution in [-0.4, -0.2) is 91.3 Å². The lowest BCUT2D eigenvalue weighted by Crippen LogP contribution is -2.63. The molecule has 6 aliphatic rings. The van der Waals surface area contributed by atoms with Crippen molar-refractivity contribution >= 4 is 24.0 Å². The number of carbonyl (C=O) groups excluding carboxylic acids is 2. The van der Waals surface area contributed by atoms with Crippen molar-refractivity contribution in [3.05, 3.63) is 53.2 Å². The number of fused-ring (bicyclic) bond motifs is 3. The van der Waals surface area contributed by atoms with Gasteiger partial charge in [0, 0.05) is 43.4 Å². The fraction of sp³-hybridized carbons (Fsp3) is 0.667. The highest BCUT2D eigenvalue weighted by atomic mass is 16.6. The summed E-state index contributed by atoms with van der Waals surface area (Å²) in [6, 6.07) is 11.3. The van der Waals surface area contributed by atoms with Crippen molar-refractivity contribution in [2.24, 2.45) is 16.4 Å². The zero-order valence-electron chi connectivity index (χ0n) is 32.5. The summed E-state index contributed by atoms with van der Waals surface area (Å²) in [7, 11) is 3.42. The first-order valence-electron chi connectivity index (χ1n) is 19.5. The van der Waals surface area contributed by atoms with Crippen LogP contribution in [0.15, 0.2) is 41.6 Å². The van der Waals surface area contributed by atoms with Gasteiger partial charge in [0.05, 0.1) is 26.7 Å². The van der Waals surface area contributed by atoms with E-state index in [1.807, 2.05) is 13.1 Å². The van der Waals surface area contributed by atoms with E-state index < -0.39 is 0 Å². The van der Waals surface area contributed by atoms with Crippen LogP contribution in [0.5, 0.6) is 5.75 Å². The average Bonchev–Trinajstić information content (AvgIpc) is 3.57. The van der Waals surface area contributed by atoms with E-state index in [1.54, 1.807) is 19.1 Å². The molecule has 5 fully saturated rings. The second kappa shape index (κ2) is 14.0. The van der Waals surface area contributed by atoms with Crippen LogP contribution in [0.3, 0.4) is 0 Å². The smallest absolute Gasteiger partial charge is 0.410 e. The molecule has 0 radical (unpaired) electrons. The number of aromatic nitrogens is 1. The number of ether oxygens (including phenoxy) is 3. The van der Waals surface area contributed by atoms with Crippen LogP contribution in [0.2, 0.25) is 0 Å². The van der Waals surface area contributed by atoms with Crippen LogP contribution < -0.4 is 9.64 Å². The highest BCUT2D eigenvalue weighted by Gasteiger charge is 2.51. The van der Waals surface area contributed by atoms with Gasteiger partial charge in [-0.2, -0.15) is 5.10 Å². The largest absolute Gasteiger partial charge is 0.496 e. The molecule has 282 valence electrons. The van der Waals surface area contributed by atoms with E-state index in [9.17, 15) is 9.59 Å². The number of methoxy groups -OCH3 is 2. The minimum Gasteiger partial charge on any atom is -0.496 e. The third kappa shape index (κ3) is 6.92. The van der Waals surface area contributed by atoms with E-state index in [-0.39, 0.29) is 45.9 Å². The van der Waals surface area contributed by atoms with Gasteiger partial charge in [-0.25, -0.2) is 9.78 Å². The Kier molecular flexibility index (Phi) is 9.85. The molecule has 10 heteroatoms. The predicted molar refractivity (Wildman–Crippen MR) is 203 cm³/mol. The van der Waals surface area contributed by atoms with Crippen LogP contribution in [0.25, 0.3) is 0 Å². The molecule has 4 aliphatic carbocycles. The highest BCUT2D eigenvalue weighted by Crippen LogP contribution is 2.58. The Balaban J connectivity index is 1.08. The van der Waals surface area contributed by atoms with Crippen molar-refractivity contribution in [3.63, 3.8) is 0 Å². The number of anilines is 1. The fourth-order valence-corrected chi connectivity index (χ4v) is 9.66. The predicted octanol–water partition coefficient (Wildman–Crippen LogP) is 7.41. The molecule has 0 N–H and O–H groups in total. The Bertz CT molecular complexity index is 1650. The van der Waals surface area contributed by atoms with Crippen molar-refractivity contribution in [1.82, 2.24) is 14.9 Å². The fourth-order valence-electron chi connectivity index (χ4n) is 9.66. The van der Waals surface area contributed by atoms with Crippen molar-refractivity contribution in [3.8, 4) is 5.75 Å². The zero-order valence-corrected chi connectivity index (χ0v) is 32.5. The molecule has 2 aliphatic heterocycles. The summed E-state index contributed by atoms with van der Waals surface area (Å²) in [6.45, 7) is 13.3. The number of carbonyl (C=O) groups is 2. The number of nitrogens with zero attached hydrogens (tertiary/aromatic N) is 5. The molecule has 8 rings (SSSR count). The maximum Gasteiger partial charge on any atom is 0.410 e. The topological polar surface area (TPSA) is 96.8 Å². The molecular formula is C42H59N5O5. The number of hydrazone groups is 1. The van der Waals surface area contributed by atoms with Crippen LogP contribution in [0, 0.1) is 18.3 Å². The molecule has 1 aromatic carbocycles. The Morgan fingerprint density at radius 1 is 0.923 bits per heavy atom. The zero-order chi connectivity index (χ0) is 36.9. The van der Waals surface area contributed by atoms with Crippen molar-refractivity contribution in [2.75, 3.05) is 45.3 Å². The van der Waals surface area contributed by atoms with Crippen LogP contribution in [-0.2, 0) is 25.1 Å². The molecule has 3 heterocycles. The maximum absolute atomic E-state index is 14.8. The Labute approximate surface area is 310 Å². The van der Waals surface area contributed by atoms with Gasteiger partial charge >= 0.3 is 6.09 Å². The van der Waals surface area contributed by atoms with Gasteiger partial charge in [-0.05, 0) is 145 Å². The summed E-state index contributed by atoms with van der Waals surface area (Å²) in [5, 5.41) is 6.86. The van der Waals surface area contributed by atoms with Crippen molar-refractivity contribution in [1.29, 1.82) is 0 Å². The monoisotopic (exact) mass is 713 g/mol. The molecule has 2 amide bonds. The molecular weight excluding hydrogens is 654 g/mol. The Hall–Kier alpha value is -3.66. The highest BCUT2D eigenvalue weighted by molar-refractivity contribution is 5.94. The number of amides is 2. The number of hydrogen-bond acceptors (Lipinski definition) is 8. The van der Waals surface area contributed by atoms with Gasteiger partial charge < -0.3 is 19.1 Å². The van der Waals surface area contributed by atoms with Gasteiger partial charge in [-0.1, -0.05) is 12.1 Å². The van der Waals surface area contributed by atoms with E-state index in [2.05, 4.69) is 74.2 Å². The van der Waals surface area contributed by atoms with E-state index in [1.165, 1.54) is 11.1 Å². The molecule has 4 saturated carbocycles. The maximum atomic E-state index is 14.8. The second-order valence-corrected chi connectivity index (χ2v) is 17.5. The van der Waals surface area contributed by atoms with Gasteiger partial charge in [0.2, 0.25) is 5.91 Å². The summed E-state index contributed by atoms with van der Waals surface area (Å²) in [4.78, 5) is 36.3. The minimum atomic E-state index is -0.292. The van der Waals surface area contributed by atoms with Gasteiger partial charge in [0.25, 0.3) is 0 Å². The molecule has 2 bridgehead atoms. The van der Waals surface area contributed by atoms with E-state index in [0.717, 1.165) is 62.2 Å². The summed E-state index contributed by atoms with van der Waals surface area (Å²) >= 11 is 0. The standard InChI is InChI=1S/C42H59N5O5/c1-29(2)47-25-39(4,24-44-47)32-14-21-43-36(23-32)46(37(48)31-8-11-34(12-9-31)52-38(49)45-26-40(5,27-45)51-7)28-41-15-18-42(19-16-41,20-17-41)33-10-13-35(50-6)30(3)22-33/h10,13-14,21-24,29,31,34H,8-9,11-12,15-20,25-28H2,1-7H3. The van der Waals surface area contributed by atoms with E-state index >= 15 is 0 Å². The number of pyridine rings is 1. The summed E-state index contributed by atoms with van der Waals surface area (Å²) < 4.78 is 17.0. The molecule has 2 aromatic rings. The van der Waals surface area contributed by atoms with Crippen LogP contribution in [0.4, 0.5) is 10.6 Å². The SMILES string of the molecule is COc1ccc(C23CCC(CN(C(=O)C4CCC(OC(=O)N5CC(C)(OC)C5)CC4)c4cc(C5(C)C=NN(C(C)C)C5)ccn4)(CC2)CC3)cc1C. The lowest BCUT2D eigenvalue weighted by atomic mass is 9.51. The normalized spacial score (nSPS) is 30.7. The molecule has 1 aromatic heterocycles. The lowest BCUT2D eigenvalue weighted by molar-refractivity contribution is -0.125. The van der Waals surface area contributed by atoms with Gasteiger partial charge in [0.15, 0.2) is 0 Å². The van der Waals surface area contributed by atoms with Crippen LogP contribution >= 0.6 is 0 Å². The molecule has 1 atom stereocenters. The number of aryl methyl sites for hydroxylation is 1. The molecule has 1 unspecified atom stereocenters. The van der Waals surface area contributed by atoms with Gasteiger partial charge in [-0.3, -0.25) is 14.7 Å². The summed E-state index contributed by atoms with van der Waals surface area (Å²) in [5.41, 5.74) is 3.45. The lowest BCUT2D eigenvalue weighted by Gasteiger charge is -2.55. The second-order valence-electron chi connectivity index (χ2n) is 17.5. The van der Waals surface area contributed by atoms with Crippen LogP contribution in [0.1, 0.15) is 109 Å². The van der Waals surface area contributed by atoms with E-state index in [4.69, 9.17) is 24.3 Å². The quantitative estimate of drug-likeness (QED) is 0.253. The first-order chi connectivity index (χ1) is 24.8. The summed E-state index contributed by atoms with van der Waals surface area (Å²) in [6.07, 6.45) is 12.9. The third-order valence-corrected chi connectivity index (χ3v) is 13.5. The number of hydrogen-bond donors (Lipinski definition) is 0. The number of benzene rings is 1. The molecule has 52 heavy (non-hydrogen) atoms. The summed E-state index contributed by atoms with van der Waals surface area (Å²) in [5.74, 6) is 1.71. The molecule has 0 spiro atoms. The molecule has 10 nitrogen and oxygen atoms in total. The Morgan fingerprint density at radius 2 is 1.62 bits per heavy atom. The average molecular weight is 714 g/mol. The van der Waals surface area contributed by atoms with E-state index in [0.29, 0.717) is 51.4 Å². The van der Waals surface area contributed by atoms with Gasteiger partial charge in [0.1, 0.15) is 23.3 Å². The van der Waals surface area contributed by atoms with Gasteiger partial charge in [-0.15, -0.1) is 0 Å². The van der Waals surface area contributed by atoms with Crippen molar-refractivity contribution < 1.29 is 23.8 Å². The Morgan fingerprint density at radius 3 is 2.21 bits per heavy atom. The first kappa shape index (κ1) is 36.7. The molecule has 1 saturated heterocycles. The third-order valence-electron chi connectivity index (χ3n) is 13.5. The minimum absolute atomic E-state index is 0.0599. The first-order valence-corrected chi connectivity index (χ1v) is 19.5. The number of likely N-dealkylation sites (tertiary alicyclic amines) is 1. The number of rotatable bonds is 10. The van der Waals surface area contributed by atoms with Crippen molar-refractivity contribution in [2.45, 2.75) is 127 Å².